The van der Waals surface area contributed by atoms with E-state index in [2.05, 4.69) is 76.0 Å². The van der Waals surface area contributed by atoms with Gasteiger partial charge in [-0.15, -0.1) is 6.42 Å². The molecule has 3 rings (SSSR count). The number of terminal acetylenes is 1. The molecule has 1 aromatic carbocycles. The quantitative estimate of drug-likeness (QED) is 0.240. The summed E-state index contributed by atoms with van der Waals surface area (Å²) in [5, 5.41) is 0. The van der Waals surface area contributed by atoms with Crippen LogP contribution < -0.4 is 4.90 Å². The number of ether oxygens (including phenoxy) is 1. The summed E-state index contributed by atoms with van der Waals surface area (Å²) in [6, 6.07) is 5.02. The topological polar surface area (TPSA) is 12.5 Å². The Morgan fingerprint density at radius 1 is 1.23 bits per heavy atom. The molecule has 1 aliphatic carbocycles. The van der Waals surface area contributed by atoms with Gasteiger partial charge in [0.25, 0.3) is 0 Å². The highest BCUT2D eigenvalue weighted by Gasteiger charge is 2.37. The van der Waals surface area contributed by atoms with Crippen molar-refractivity contribution in [2.24, 2.45) is 0 Å². The molecule has 0 unspecified atom stereocenters. The third-order valence-electron chi connectivity index (χ3n) is 6.44. The van der Waals surface area contributed by atoms with E-state index in [1.807, 2.05) is 6.08 Å². The lowest BCUT2D eigenvalue weighted by Gasteiger charge is -2.37. The van der Waals surface area contributed by atoms with E-state index in [1.165, 1.54) is 57.5 Å². The van der Waals surface area contributed by atoms with Crippen LogP contribution in [0.2, 0.25) is 0 Å². The highest BCUT2D eigenvalue weighted by Crippen LogP contribution is 2.47. The summed E-state index contributed by atoms with van der Waals surface area (Å²) in [7, 11) is 0. The molecule has 0 bridgehead atoms. The molecule has 162 valence electrons. The molecule has 0 atom stereocenters. The summed E-state index contributed by atoms with van der Waals surface area (Å²) < 4.78 is 5.74. The average molecular weight is 414 g/mol. The van der Waals surface area contributed by atoms with Crippen LogP contribution in [-0.4, -0.2) is 19.3 Å². The summed E-state index contributed by atoms with van der Waals surface area (Å²) in [4.78, 5) is 2.46. The van der Waals surface area contributed by atoms with Gasteiger partial charge in [0.1, 0.15) is 6.61 Å². The van der Waals surface area contributed by atoms with Gasteiger partial charge < -0.3 is 9.64 Å². The highest BCUT2D eigenvalue weighted by atomic mass is 16.5. The predicted molar refractivity (Wildman–Crippen MR) is 135 cm³/mol. The van der Waals surface area contributed by atoms with Crippen molar-refractivity contribution < 1.29 is 4.74 Å². The molecule has 31 heavy (non-hydrogen) atoms. The molecule has 0 amide bonds. The zero-order chi connectivity index (χ0) is 22.5. The molecular formula is C29H35NO. The predicted octanol–water partition coefficient (Wildman–Crippen LogP) is 7.23. The molecule has 2 aliphatic rings. The maximum Gasteiger partial charge on any atom is 0.107 e. The second-order valence-corrected chi connectivity index (χ2v) is 8.32. The van der Waals surface area contributed by atoms with Gasteiger partial charge >= 0.3 is 0 Å². The zero-order valence-corrected chi connectivity index (χ0v) is 19.6. The van der Waals surface area contributed by atoms with Crippen LogP contribution in [0.1, 0.15) is 63.1 Å². The minimum absolute atomic E-state index is 0.319. The van der Waals surface area contributed by atoms with Crippen molar-refractivity contribution in [1.82, 2.24) is 0 Å². The summed E-state index contributed by atoms with van der Waals surface area (Å²) in [5.41, 5.74) is 11.2. The fourth-order valence-electron chi connectivity index (χ4n) is 4.42. The van der Waals surface area contributed by atoms with E-state index in [0.717, 1.165) is 18.5 Å². The van der Waals surface area contributed by atoms with Crippen LogP contribution in [0.15, 0.2) is 59.9 Å². The number of fused-ring (bicyclic) bond motifs is 1. The second-order valence-electron chi connectivity index (χ2n) is 8.32. The summed E-state index contributed by atoms with van der Waals surface area (Å²) in [6.45, 7) is 18.0. The lowest BCUT2D eigenvalue weighted by Crippen LogP contribution is -2.30. The first-order valence-electron chi connectivity index (χ1n) is 11.3. The standard InChI is InChI=1S/C29H35NO/c1-8-18-31-19-28-20(5)22(7)30(26-15-16-26)29-21(6)25(14-17-27(28)29)13-12-24(11-4)23(9-2)10-3/h1,9,12-14,17,26H,2,7,10-11,15-16,18-19H2,3-6H3/b13-12+,24-23+. The Kier molecular flexibility index (Phi) is 7.42. The van der Waals surface area contributed by atoms with Crippen molar-refractivity contribution in [2.75, 3.05) is 18.1 Å². The minimum Gasteiger partial charge on any atom is -0.364 e. The number of hydrogen-bond acceptors (Lipinski definition) is 2. The van der Waals surface area contributed by atoms with Gasteiger partial charge in [-0.25, -0.2) is 0 Å². The number of rotatable bonds is 9. The van der Waals surface area contributed by atoms with Gasteiger partial charge in [0.15, 0.2) is 0 Å². The monoisotopic (exact) mass is 413 g/mol. The van der Waals surface area contributed by atoms with Crippen LogP contribution in [0, 0.1) is 19.3 Å². The Balaban J connectivity index is 2.08. The molecule has 1 aromatic rings. The Labute approximate surface area is 188 Å². The van der Waals surface area contributed by atoms with E-state index in [1.54, 1.807) is 0 Å². The van der Waals surface area contributed by atoms with Gasteiger partial charge in [-0.1, -0.05) is 63.3 Å². The first kappa shape index (κ1) is 22.9. The van der Waals surface area contributed by atoms with Crippen LogP contribution in [0.3, 0.4) is 0 Å². The van der Waals surface area contributed by atoms with Gasteiger partial charge in [0.2, 0.25) is 0 Å². The molecule has 2 heteroatoms. The van der Waals surface area contributed by atoms with Crippen LogP contribution >= 0.6 is 0 Å². The fraction of sp³-hybridized carbons (Fsp3) is 0.379. The SMILES string of the molecule is C#CCOCC1=C(C)C(=C)N(C2CC2)c2c1ccc(/C=C/C(CC)=C(\C=C)CC)c2C. The van der Waals surface area contributed by atoms with Crippen molar-refractivity contribution in [3.05, 3.63) is 76.5 Å². The Morgan fingerprint density at radius 2 is 1.94 bits per heavy atom. The van der Waals surface area contributed by atoms with Crippen LogP contribution in [0.5, 0.6) is 0 Å². The summed E-state index contributed by atoms with van der Waals surface area (Å²) >= 11 is 0. The smallest absolute Gasteiger partial charge is 0.107 e. The van der Waals surface area contributed by atoms with Crippen molar-refractivity contribution in [2.45, 2.75) is 59.4 Å². The first-order valence-corrected chi connectivity index (χ1v) is 11.3. The lowest BCUT2D eigenvalue weighted by atomic mass is 9.88. The number of allylic oxidation sites excluding steroid dienone is 5. The highest BCUT2D eigenvalue weighted by molar-refractivity contribution is 5.90. The third kappa shape index (κ3) is 4.63. The molecule has 0 spiro atoms. The van der Waals surface area contributed by atoms with E-state index in [4.69, 9.17) is 11.2 Å². The van der Waals surface area contributed by atoms with Gasteiger partial charge in [0.05, 0.1) is 12.3 Å². The van der Waals surface area contributed by atoms with Crippen LogP contribution in [0.4, 0.5) is 5.69 Å². The number of benzene rings is 1. The molecule has 1 aliphatic heterocycles. The maximum absolute atomic E-state index is 5.74. The molecule has 0 radical (unpaired) electrons. The van der Waals surface area contributed by atoms with Crippen molar-refractivity contribution >= 4 is 17.3 Å². The normalized spacial score (nSPS) is 17.0. The first-order chi connectivity index (χ1) is 15.0. The molecule has 0 N–H and O–H groups in total. The maximum atomic E-state index is 5.74. The van der Waals surface area contributed by atoms with Crippen molar-refractivity contribution in [1.29, 1.82) is 0 Å². The second kappa shape index (κ2) is 10.0. The minimum atomic E-state index is 0.319. The molecule has 1 saturated carbocycles. The Hall–Kier alpha value is -2.76. The molecule has 0 aromatic heterocycles. The number of hydrogen-bond donors (Lipinski definition) is 0. The molecule has 1 fully saturated rings. The third-order valence-corrected chi connectivity index (χ3v) is 6.44. The van der Waals surface area contributed by atoms with Gasteiger partial charge in [-0.05, 0) is 73.0 Å². The van der Waals surface area contributed by atoms with Crippen molar-refractivity contribution in [3.8, 4) is 12.3 Å². The van der Waals surface area contributed by atoms with Gasteiger partial charge in [0, 0.05) is 17.3 Å². The van der Waals surface area contributed by atoms with Crippen LogP contribution in [0.25, 0.3) is 11.6 Å². The van der Waals surface area contributed by atoms with Gasteiger partial charge in [-0.3, -0.25) is 0 Å². The summed E-state index contributed by atoms with van der Waals surface area (Å²) in [6.07, 6.45) is 16.3. The van der Waals surface area contributed by atoms with E-state index in [9.17, 15) is 0 Å². The van der Waals surface area contributed by atoms with E-state index >= 15 is 0 Å². The number of nitrogens with zero attached hydrogens (tertiary/aromatic N) is 1. The zero-order valence-electron chi connectivity index (χ0n) is 19.6. The molecular weight excluding hydrogens is 378 g/mol. The average Bonchev–Trinajstić information content (AvgIpc) is 3.60. The van der Waals surface area contributed by atoms with Gasteiger partial charge in [-0.2, -0.15) is 0 Å². The summed E-state index contributed by atoms with van der Waals surface area (Å²) in [5.74, 6) is 2.57. The van der Waals surface area contributed by atoms with Crippen LogP contribution in [-0.2, 0) is 4.74 Å². The number of anilines is 1. The molecule has 0 saturated heterocycles. The Morgan fingerprint density at radius 3 is 2.52 bits per heavy atom. The largest absolute Gasteiger partial charge is 0.364 e. The van der Waals surface area contributed by atoms with Crippen molar-refractivity contribution in [3.63, 3.8) is 0 Å². The lowest BCUT2D eigenvalue weighted by molar-refractivity contribution is 0.204. The van der Waals surface area contributed by atoms with E-state index < -0.39 is 0 Å². The molecule has 1 heterocycles. The van der Waals surface area contributed by atoms with E-state index in [0.29, 0.717) is 19.3 Å². The molecule has 2 nitrogen and oxygen atoms in total. The fourth-order valence-corrected chi connectivity index (χ4v) is 4.42. The van der Waals surface area contributed by atoms with E-state index in [-0.39, 0.29) is 0 Å². The Bertz CT molecular complexity index is 1010.